The van der Waals surface area contributed by atoms with Crippen molar-refractivity contribution in [1.82, 2.24) is 0 Å². The van der Waals surface area contributed by atoms with Crippen molar-refractivity contribution >= 4 is 0 Å². The molecule has 0 aromatic heterocycles. The first kappa shape index (κ1) is 10.2. The fraction of sp³-hybridized carbons (Fsp3) is 0.455. The Hall–Kier alpha value is -0.860. The fourth-order valence-corrected chi connectivity index (χ4v) is 1.31. The lowest BCUT2D eigenvalue weighted by Crippen LogP contribution is -2.21. The van der Waals surface area contributed by atoms with Crippen LogP contribution in [0.4, 0.5) is 0 Å². The molecular formula is C11H17NO. The third kappa shape index (κ3) is 4.06. The minimum Gasteiger partial charge on any atom is -0.396 e. The highest BCUT2D eigenvalue weighted by atomic mass is 16.3. The number of aliphatic hydroxyl groups is 1. The molecule has 0 saturated heterocycles. The van der Waals surface area contributed by atoms with E-state index in [-0.39, 0.29) is 12.6 Å². The molecule has 2 heteroatoms. The van der Waals surface area contributed by atoms with Crippen LogP contribution >= 0.6 is 0 Å². The maximum Gasteiger partial charge on any atom is 0.0445 e. The Morgan fingerprint density at radius 1 is 1.15 bits per heavy atom. The van der Waals surface area contributed by atoms with E-state index in [1.54, 1.807) is 0 Å². The average molecular weight is 179 g/mol. The number of rotatable bonds is 5. The topological polar surface area (TPSA) is 46.2 Å². The Balaban J connectivity index is 2.27. The van der Waals surface area contributed by atoms with Gasteiger partial charge in [0, 0.05) is 12.6 Å². The predicted octanol–water partition coefficient (Wildman–Crippen LogP) is 1.33. The van der Waals surface area contributed by atoms with E-state index in [1.807, 2.05) is 18.2 Å². The van der Waals surface area contributed by atoms with Crippen molar-refractivity contribution in [3.05, 3.63) is 35.9 Å². The van der Waals surface area contributed by atoms with Gasteiger partial charge >= 0.3 is 0 Å². The van der Waals surface area contributed by atoms with Crippen LogP contribution in [0.2, 0.25) is 0 Å². The van der Waals surface area contributed by atoms with Crippen molar-refractivity contribution in [1.29, 1.82) is 0 Å². The van der Waals surface area contributed by atoms with Gasteiger partial charge in [-0.1, -0.05) is 30.3 Å². The summed E-state index contributed by atoms with van der Waals surface area (Å²) < 4.78 is 0. The molecule has 1 atom stereocenters. The van der Waals surface area contributed by atoms with Crippen molar-refractivity contribution in [2.24, 2.45) is 5.73 Å². The van der Waals surface area contributed by atoms with Gasteiger partial charge < -0.3 is 10.8 Å². The summed E-state index contributed by atoms with van der Waals surface area (Å²) in [5.41, 5.74) is 7.09. The number of nitrogens with two attached hydrogens (primary N) is 1. The Morgan fingerprint density at radius 2 is 1.85 bits per heavy atom. The van der Waals surface area contributed by atoms with E-state index in [0.717, 1.165) is 12.8 Å². The molecule has 0 heterocycles. The van der Waals surface area contributed by atoms with Gasteiger partial charge in [-0.25, -0.2) is 0 Å². The quantitative estimate of drug-likeness (QED) is 0.716. The van der Waals surface area contributed by atoms with Crippen LogP contribution in [0.1, 0.15) is 18.4 Å². The summed E-state index contributed by atoms with van der Waals surface area (Å²) in [7, 11) is 0. The fourth-order valence-electron chi connectivity index (χ4n) is 1.31. The number of hydrogen-bond acceptors (Lipinski definition) is 2. The first-order valence-corrected chi connectivity index (χ1v) is 4.73. The molecule has 0 aliphatic rings. The summed E-state index contributed by atoms with van der Waals surface area (Å²) in [5.74, 6) is 0. The number of aryl methyl sites for hydroxylation is 1. The molecule has 1 unspecified atom stereocenters. The van der Waals surface area contributed by atoms with Gasteiger partial charge in [-0.2, -0.15) is 0 Å². The molecule has 0 bridgehead atoms. The highest BCUT2D eigenvalue weighted by Gasteiger charge is 2.01. The summed E-state index contributed by atoms with van der Waals surface area (Å²) in [5, 5.41) is 8.65. The molecule has 0 aliphatic heterocycles. The third-order valence-electron chi connectivity index (χ3n) is 2.15. The predicted molar refractivity (Wildman–Crippen MR) is 54.4 cm³/mol. The normalized spacial score (nSPS) is 12.8. The van der Waals surface area contributed by atoms with Crippen LogP contribution in [0.5, 0.6) is 0 Å². The van der Waals surface area contributed by atoms with E-state index in [1.165, 1.54) is 5.56 Å². The van der Waals surface area contributed by atoms with Crippen LogP contribution in [-0.2, 0) is 6.42 Å². The molecular weight excluding hydrogens is 162 g/mol. The summed E-state index contributed by atoms with van der Waals surface area (Å²) in [6.07, 6.45) is 2.65. The zero-order valence-electron chi connectivity index (χ0n) is 7.82. The summed E-state index contributed by atoms with van der Waals surface area (Å²) in [4.78, 5) is 0. The van der Waals surface area contributed by atoms with Gasteiger partial charge in [-0.05, 0) is 24.8 Å². The number of hydrogen-bond donors (Lipinski definition) is 2. The molecule has 0 saturated carbocycles. The van der Waals surface area contributed by atoms with Crippen LogP contribution in [-0.4, -0.2) is 17.8 Å². The van der Waals surface area contributed by atoms with Gasteiger partial charge in [-0.15, -0.1) is 0 Å². The number of aliphatic hydroxyl groups excluding tert-OH is 1. The molecule has 13 heavy (non-hydrogen) atoms. The van der Waals surface area contributed by atoms with Crippen molar-refractivity contribution in [3.8, 4) is 0 Å². The zero-order valence-corrected chi connectivity index (χ0v) is 7.82. The molecule has 3 N–H and O–H groups in total. The molecule has 1 aromatic rings. The van der Waals surface area contributed by atoms with Gasteiger partial charge in [0.2, 0.25) is 0 Å². The number of benzene rings is 1. The molecule has 1 rings (SSSR count). The standard InChI is InChI=1S/C11H17NO/c12-11(8-9-13)7-6-10-4-2-1-3-5-10/h1-5,11,13H,6-9,12H2. The van der Waals surface area contributed by atoms with Crippen molar-refractivity contribution in [2.75, 3.05) is 6.61 Å². The lowest BCUT2D eigenvalue weighted by molar-refractivity contribution is 0.273. The molecule has 0 fully saturated rings. The molecule has 0 spiro atoms. The second-order valence-corrected chi connectivity index (χ2v) is 3.30. The lowest BCUT2D eigenvalue weighted by Gasteiger charge is -2.08. The Labute approximate surface area is 79.4 Å². The van der Waals surface area contributed by atoms with Crippen molar-refractivity contribution < 1.29 is 5.11 Å². The first-order valence-electron chi connectivity index (χ1n) is 4.73. The van der Waals surface area contributed by atoms with E-state index < -0.39 is 0 Å². The lowest BCUT2D eigenvalue weighted by atomic mass is 10.0. The van der Waals surface area contributed by atoms with E-state index >= 15 is 0 Å². The second kappa shape index (κ2) is 5.73. The van der Waals surface area contributed by atoms with Crippen molar-refractivity contribution in [3.63, 3.8) is 0 Å². The van der Waals surface area contributed by atoms with E-state index in [9.17, 15) is 0 Å². The van der Waals surface area contributed by atoms with Crippen molar-refractivity contribution in [2.45, 2.75) is 25.3 Å². The van der Waals surface area contributed by atoms with Crippen LogP contribution in [0.3, 0.4) is 0 Å². The van der Waals surface area contributed by atoms with E-state index in [2.05, 4.69) is 12.1 Å². The van der Waals surface area contributed by atoms with Crippen LogP contribution in [0, 0.1) is 0 Å². The summed E-state index contributed by atoms with van der Waals surface area (Å²) in [6.45, 7) is 0.190. The zero-order chi connectivity index (χ0) is 9.52. The summed E-state index contributed by atoms with van der Waals surface area (Å²) >= 11 is 0. The Bertz CT molecular complexity index is 223. The van der Waals surface area contributed by atoms with Gasteiger partial charge in [0.25, 0.3) is 0 Å². The maximum atomic E-state index is 8.65. The summed E-state index contributed by atoms with van der Waals surface area (Å²) in [6, 6.07) is 10.4. The highest BCUT2D eigenvalue weighted by molar-refractivity contribution is 5.14. The minimum absolute atomic E-state index is 0.130. The molecule has 0 aliphatic carbocycles. The molecule has 2 nitrogen and oxygen atoms in total. The largest absolute Gasteiger partial charge is 0.396 e. The van der Waals surface area contributed by atoms with Crippen LogP contribution < -0.4 is 5.73 Å². The average Bonchev–Trinajstić information content (AvgIpc) is 2.17. The van der Waals surface area contributed by atoms with Gasteiger partial charge in [0.1, 0.15) is 0 Å². The molecule has 72 valence electrons. The SMILES string of the molecule is NC(CCO)CCc1ccccc1. The first-order chi connectivity index (χ1) is 6.33. The maximum absolute atomic E-state index is 8.65. The van der Waals surface area contributed by atoms with Crippen LogP contribution in [0.25, 0.3) is 0 Å². The molecule has 0 radical (unpaired) electrons. The molecule has 0 amide bonds. The second-order valence-electron chi connectivity index (χ2n) is 3.30. The highest BCUT2D eigenvalue weighted by Crippen LogP contribution is 2.05. The Kier molecular flexibility index (Phi) is 4.50. The monoisotopic (exact) mass is 179 g/mol. The van der Waals surface area contributed by atoms with Gasteiger partial charge in [-0.3, -0.25) is 0 Å². The third-order valence-corrected chi connectivity index (χ3v) is 2.15. The molecule has 1 aromatic carbocycles. The van der Waals surface area contributed by atoms with E-state index in [4.69, 9.17) is 10.8 Å². The van der Waals surface area contributed by atoms with Gasteiger partial charge in [0.05, 0.1) is 0 Å². The van der Waals surface area contributed by atoms with Crippen LogP contribution in [0.15, 0.2) is 30.3 Å². The van der Waals surface area contributed by atoms with Gasteiger partial charge in [0.15, 0.2) is 0 Å². The van der Waals surface area contributed by atoms with E-state index in [0.29, 0.717) is 6.42 Å². The Morgan fingerprint density at radius 3 is 2.46 bits per heavy atom. The smallest absolute Gasteiger partial charge is 0.0445 e. The minimum atomic E-state index is 0.130.